The molecule has 0 aromatic heterocycles. The third kappa shape index (κ3) is 4.12. The fraction of sp³-hybridized carbons (Fsp3) is 0.391. The van der Waals surface area contributed by atoms with E-state index in [9.17, 15) is 18.4 Å². The molecule has 1 N–H and O–H groups in total. The minimum Gasteiger partial charge on any atom is -0.490 e. The number of anilines is 1. The molecule has 2 aromatic rings. The predicted molar refractivity (Wildman–Crippen MR) is 111 cm³/mol. The van der Waals surface area contributed by atoms with Crippen molar-refractivity contribution >= 4 is 17.5 Å². The number of piperazine rings is 1. The van der Waals surface area contributed by atoms with Crippen molar-refractivity contribution in [1.29, 1.82) is 0 Å². The molecule has 1 saturated carbocycles. The van der Waals surface area contributed by atoms with Gasteiger partial charge >= 0.3 is 0 Å². The molecule has 3 aliphatic rings. The second kappa shape index (κ2) is 7.92. The Balaban J connectivity index is 1.38. The summed E-state index contributed by atoms with van der Waals surface area (Å²) in [4.78, 5) is 29.1. The van der Waals surface area contributed by atoms with Gasteiger partial charge < -0.3 is 15.0 Å². The summed E-state index contributed by atoms with van der Waals surface area (Å²) in [6.07, 6.45) is 1.93. The van der Waals surface area contributed by atoms with Crippen LogP contribution in [-0.2, 0) is 9.59 Å². The van der Waals surface area contributed by atoms with E-state index in [-0.39, 0.29) is 35.9 Å². The second-order valence-corrected chi connectivity index (χ2v) is 8.38. The molecule has 0 spiro atoms. The van der Waals surface area contributed by atoms with Crippen LogP contribution in [0.2, 0.25) is 0 Å². The largest absolute Gasteiger partial charge is 0.490 e. The number of fused-ring (bicyclic) bond motifs is 2. The number of hydrogen-bond donors (Lipinski definition) is 1. The molecule has 0 bridgehead atoms. The Morgan fingerprint density at radius 2 is 1.94 bits per heavy atom. The van der Waals surface area contributed by atoms with Gasteiger partial charge in [0.15, 0.2) is 0 Å². The normalized spacial score (nSPS) is 21.7. The summed E-state index contributed by atoms with van der Waals surface area (Å²) in [5, 5.41) is 2.86. The summed E-state index contributed by atoms with van der Waals surface area (Å²) in [5.74, 6) is -0.671. The average Bonchev–Trinajstić information content (AvgIpc) is 3.57. The summed E-state index contributed by atoms with van der Waals surface area (Å²) < 4.78 is 33.5. The van der Waals surface area contributed by atoms with E-state index in [1.807, 2.05) is 9.80 Å². The minimum atomic E-state index is -0.673. The lowest BCUT2D eigenvalue weighted by Crippen LogP contribution is -2.58. The average molecular weight is 427 g/mol. The van der Waals surface area contributed by atoms with Gasteiger partial charge in [0, 0.05) is 37.2 Å². The van der Waals surface area contributed by atoms with Gasteiger partial charge in [-0.05, 0) is 42.7 Å². The van der Waals surface area contributed by atoms with Crippen LogP contribution in [-0.4, -0.2) is 60.4 Å². The zero-order valence-corrected chi connectivity index (χ0v) is 16.9. The molecule has 0 unspecified atom stereocenters. The van der Waals surface area contributed by atoms with Crippen LogP contribution in [0.1, 0.15) is 12.8 Å². The Bertz CT molecular complexity index is 1040. The van der Waals surface area contributed by atoms with E-state index in [1.54, 1.807) is 18.2 Å². The third-order valence-electron chi connectivity index (χ3n) is 6.12. The topological polar surface area (TPSA) is 61.9 Å². The van der Waals surface area contributed by atoms with Gasteiger partial charge in [-0.1, -0.05) is 6.07 Å². The Hall–Kier alpha value is -3.00. The van der Waals surface area contributed by atoms with Gasteiger partial charge in [-0.15, -0.1) is 0 Å². The first kappa shape index (κ1) is 19.9. The maximum atomic E-state index is 14.2. The lowest BCUT2D eigenvalue weighted by atomic mass is 10.0. The molecule has 2 aromatic carbocycles. The van der Waals surface area contributed by atoms with Gasteiger partial charge in [0.2, 0.25) is 11.8 Å². The summed E-state index contributed by atoms with van der Waals surface area (Å²) in [6, 6.07) is 8.32. The Kier molecular flexibility index (Phi) is 5.09. The number of carbonyl (C=O) groups is 2. The molecule has 6 nitrogen and oxygen atoms in total. The highest BCUT2D eigenvalue weighted by Crippen LogP contribution is 2.34. The number of amides is 2. The Morgan fingerprint density at radius 3 is 2.71 bits per heavy atom. The first-order valence-electron chi connectivity index (χ1n) is 10.5. The summed E-state index contributed by atoms with van der Waals surface area (Å²) in [7, 11) is 0. The molecule has 2 amide bonds. The van der Waals surface area contributed by atoms with E-state index in [0.29, 0.717) is 43.2 Å². The van der Waals surface area contributed by atoms with Crippen LogP contribution in [0.5, 0.6) is 5.75 Å². The molecule has 31 heavy (non-hydrogen) atoms. The Morgan fingerprint density at radius 1 is 1.10 bits per heavy atom. The zero-order valence-electron chi connectivity index (χ0n) is 16.9. The standard InChI is InChI=1S/C23H23F2N3O3/c24-16-4-5-18(19(25)10-16)15-3-6-21-20(9-15)26-22(29)12-27-7-8-28(11-17(27)13-31-21)23(30)14-1-2-14/h3-6,9-10,14,17H,1-2,7-8,11-13H2,(H,26,29)/t17-/m1/s1. The van der Waals surface area contributed by atoms with Crippen molar-refractivity contribution in [3.8, 4) is 16.9 Å². The molecular weight excluding hydrogens is 404 g/mol. The highest BCUT2D eigenvalue weighted by atomic mass is 19.1. The van der Waals surface area contributed by atoms with Crippen molar-refractivity contribution in [3.63, 3.8) is 0 Å². The molecular formula is C23H23F2N3O3. The van der Waals surface area contributed by atoms with Crippen molar-refractivity contribution in [1.82, 2.24) is 9.80 Å². The molecule has 1 saturated heterocycles. The smallest absolute Gasteiger partial charge is 0.238 e. The number of nitrogens with zero attached hydrogens (tertiary/aromatic N) is 2. The van der Waals surface area contributed by atoms with Crippen molar-refractivity contribution in [2.45, 2.75) is 18.9 Å². The van der Waals surface area contributed by atoms with Gasteiger partial charge in [-0.25, -0.2) is 8.78 Å². The van der Waals surface area contributed by atoms with E-state index in [4.69, 9.17) is 4.74 Å². The van der Waals surface area contributed by atoms with Gasteiger partial charge in [-0.2, -0.15) is 0 Å². The fourth-order valence-electron chi connectivity index (χ4n) is 4.25. The maximum absolute atomic E-state index is 14.2. The number of benzene rings is 2. The molecule has 1 aliphatic carbocycles. The van der Waals surface area contributed by atoms with Gasteiger partial charge in [0.1, 0.15) is 24.0 Å². The third-order valence-corrected chi connectivity index (χ3v) is 6.12. The molecule has 162 valence electrons. The zero-order chi connectivity index (χ0) is 21.5. The number of ether oxygens (including phenoxy) is 1. The molecule has 2 heterocycles. The van der Waals surface area contributed by atoms with Crippen molar-refractivity contribution in [3.05, 3.63) is 48.0 Å². The van der Waals surface area contributed by atoms with E-state index in [2.05, 4.69) is 5.32 Å². The number of carbonyl (C=O) groups excluding carboxylic acids is 2. The molecule has 5 rings (SSSR count). The first-order chi connectivity index (χ1) is 15.0. The lowest BCUT2D eigenvalue weighted by Gasteiger charge is -2.40. The predicted octanol–water partition coefficient (Wildman–Crippen LogP) is 2.89. The molecule has 2 aliphatic heterocycles. The van der Waals surface area contributed by atoms with Crippen molar-refractivity contribution in [2.24, 2.45) is 5.92 Å². The van der Waals surface area contributed by atoms with E-state index in [1.165, 1.54) is 12.1 Å². The van der Waals surface area contributed by atoms with Gasteiger partial charge in [0.05, 0.1) is 18.3 Å². The van der Waals surface area contributed by atoms with E-state index in [0.717, 1.165) is 18.9 Å². The van der Waals surface area contributed by atoms with Crippen molar-refractivity contribution in [2.75, 3.05) is 38.1 Å². The quantitative estimate of drug-likeness (QED) is 0.801. The first-order valence-corrected chi connectivity index (χ1v) is 10.5. The monoisotopic (exact) mass is 427 g/mol. The molecule has 1 atom stereocenters. The van der Waals surface area contributed by atoms with Crippen LogP contribution in [0.4, 0.5) is 14.5 Å². The summed E-state index contributed by atoms with van der Waals surface area (Å²) in [6.45, 7) is 2.29. The second-order valence-electron chi connectivity index (χ2n) is 8.38. The van der Waals surface area contributed by atoms with Crippen LogP contribution >= 0.6 is 0 Å². The van der Waals surface area contributed by atoms with Crippen LogP contribution < -0.4 is 10.1 Å². The maximum Gasteiger partial charge on any atom is 0.238 e. The number of halogens is 2. The van der Waals surface area contributed by atoms with Gasteiger partial charge in [0.25, 0.3) is 0 Å². The number of rotatable bonds is 2. The van der Waals surface area contributed by atoms with E-state index >= 15 is 0 Å². The van der Waals surface area contributed by atoms with Crippen LogP contribution in [0.25, 0.3) is 11.1 Å². The SMILES string of the molecule is O=C1CN2CCN(C(=O)C3CC3)C[C@@H]2COc2ccc(-c3ccc(F)cc3F)cc2N1. The molecule has 2 fully saturated rings. The molecule has 0 radical (unpaired) electrons. The molecule has 8 heteroatoms. The minimum absolute atomic E-state index is 0.0811. The van der Waals surface area contributed by atoms with Crippen LogP contribution in [0, 0.1) is 17.6 Å². The highest BCUT2D eigenvalue weighted by Gasteiger charge is 2.38. The Labute approximate surface area is 178 Å². The number of nitrogens with one attached hydrogen (secondary N) is 1. The van der Waals surface area contributed by atoms with Crippen LogP contribution in [0.3, 0.4) is 0 Å². The van der Waals surface area contributed by atoms with Crippen molar-refractivity contribution < 1.29 is 23.1 Å². The lowest BCUT2D eigenvalue weighted by molar-refractivity contribution is -0.136. The van der Waals surface area contributed by atoms with Crippen LogP contribution in [0.15, 0.2) is 36.4 Å². The van der Waals surface area contributed by atoms with E-state index < -0.39 is 11.6 Å². The number of hydrogen-bond acceptors (Lipinski definition) is 4. The fourth-order valence-corrected chi connectivity index (χ4v) is 4.25. The van der Waals surface area contributed by atoms with Gasteiger partial charge in [-0.3, -0.25) is 14.5 Å². The summed E-state index contributed by atoms with van der Waals surface area (Å²) in [5.41, 5.74) is 1.19. The summed E-state index contributed by atoms with van der Waals surface area (Å²) >= 11 is 0. The highest BCUT2D eigenvalue weighted by molar-refractivity contribution is 5.94.